The predicted molar refractivity (Wildman–Crippen MR) is 63.6 cm³/mol. The zero-order chi connectivity index (χ0) is 11.0. The Balaban J connectivity index is 1.80. The summed E-state index contributed by atoms with van der Waals surface area (Å²) in [5, 5.41) is 7.59. The van der Waals surface area contributed by atoms with Crippen LogP contribution in [-0.2, 0) is 4.84 Å². The number of benzene rings is 1. The molecule has 3 rings (SSSR count). The molecule has 2 aliphatic rings. The van der Waals surface area contributed by atoms with Gasteiger partial charge in [0.15, 0.2) is 5.60 Å². The maximum atomic E-state index is 5.62. The highest BCUT2D eigenvalue weighted by molar-refractivity contribution is 6.01. The van der Waals surface area contributed by atoms with E-state index in [1.165, 1.54) is 11.1 Å². The van der Waals surface area contributed by atoms with E-state index in [0.717, 1.165) is 31.6 Å². The molecule has 1 fully saturated rings. The zero-order valence-electron chi connectivity index (χ0n) is 9.49. The van der Waals surface area contributed by atoms with Crippen molar-refractivity contribution < 1.29 is 4.84 Å². The molecule has 0 amide bonds. The molecule has 1 unspecified atom stereocenters. The van der Waals surface area contributed by atoms with Gasteiger partial charge in [-0.2, -0.15) is 0 Å². The standard InChI is InChI=1S/C13H16N2O/c1-10-2-4-11(5-3-10)12-8-13(16-15-12)6-7-14-9-13/h2-5,14H,6-9H2,1H3. The average Bonchev–Trinajstić information content (AvgIpc) is 2.91. The van der Waals surface area contributed by atoms with E-state index in [1.54, 1.807) is 0 Å². The van der Waals surface area contributed by atoms with Gasteiger partial charge < -0.3 is 10.2 Å². The summed E-state index contributed by atoms with van der Waals surface area (Å²) in [6.07, 6.45) is 1.99. The maximum Gasteiger partial charge on any atom is 0.156 e. The molecule has 84 valence electrons. The summed E-state index contributed by atoms with van der Waals surface area (Å²) in [6.45, 7) is 4.06. The number of nitrogens with one attached hydrogen (secondary N) is 1. The topological polar surface area (TPSA) is 33.6 Å². The summed E-state index contributed by atoms with van der Waals surface area (Å²) in [5.74, 6) is 0. The highest BCUT2D eigenvalue weighted by atomic mass is 16.7. The van der Waals surface area contributed by atoms with Crippen molar-refractivity contribution in [3.63, 3.8) is 0 Å². The van der Waals surface area contributed by atoms with E-state index in [4.69, 9.17) is 4.84 Å². The van der Waals surface area contributed by atoms with Gasteiger partial charge >= 0.3 is 0 Å². The molecule has 16 heavy (non-hydrogen) atoms. The van der Waals surface area contributed by atoms with E-state index in [-0.39, 0.29) is 5.60 Å². The summed E-state index contributed by atoms with van der Waals surface area (Å²) in [6, 6.07) is 8.49. The molecule has 2 heterocycles. The van der Waals surface area contributed by atoms with Gasteiger partial charge in [-0.05, 0) is 19.0 Å². The summed E-state index contributed by atoms with van der Waals surface area (Å²) in [4.78, 5) is 5.62. The lowest BCUT2D eigenvalue weighted by molar-refractivity contribution is -0.00190. The molecule has 0 radical (unpaired) electrons. The fraction of sp³-hybridized carbons (Fsp3) is 0.462. The van der Waals surface area contributed by atoms with Crippen LogP contribution >= 0.6 is 0 Å². The molecule has 0 aliphatic carbocycles. The van der Waals surface area contributed by atoms with Crippen molar-refractivity contribution in [3.8, 4) is 0 Å². The van der Waals surface area contributed by atoms with Crippen LogP contribution in [0.2, 0.25) is 0 Å². The summed E-state index contributed by atoms with van der Waals surface area (Å²) in [5.41, 5.74) is 3.50. The molecule has 0 saturated carbocycles. The molecule has 1 spiro atoms. The quantitative estimate of drug-likeness (QED) is 0.777. The highest BCUT2D eigenvalue weighted by Gasteiger charge is 2.41. The lowest BCUT2D eigenvalue weighted by atomic mass is 9.93. The molecule has 1 aromatic rings. The third kappa shape index (κ3) is 1.61. The largest absolute Gasteiger partial charge is 0.387 e. The van der Waals surface area contributed by atoms with Crippen LogP contribution in [-0.4, -0.2) is 24.4 Å². The fourth-order valence-electron chi connectivity index (χ4n) is 2.37. The van der Waals surface area contributed by atoms with Crippen LogP contribution in [0.15, 0.2) is 29.4 Å². The Morgan fingerprint density at radius 3 is 2.81 bits per heavy atom. The van der Waals surface area contributed by atoms with E-state index in [0.29, 0.717) is 0 Å². The van der Waals surface area contributed by atoms with Crippen LogP contribution in [0.4, 0.5) is 0 Å². The second kappa shape index (κ2) is 3.59. The minimum Gasteiger partial charge on any atom is -0.387 e. The van der Waals surface area contributed by atoms with Gasteiger partial charge in [0, 0.05) is 19.4 Å². The van der Waals surface area contributed by atoms with Gasteiger partial charge in [-0.3, -0.25) is 0 Å². The van der Waals surface area contributed by atoms with Crippen LogP contribution in [0.25, 0.3) is 0 Å². The van der Waals surface area contributed by atoms with Crippen LogP contribution in [0.1, 0.15) is 24.0 Å². The first-order valence-corrected chi connectivity index (χ1v) is 5.80. The first kappa shape index (κ1) is 9.85. The average molecular weight is 216 g/mol. The molecule has 3 heteroatoms. The number of hydrogen-bond acceptors (Lipinski definition) is 3. The number of aryl methyl sites for hydroxylation is 1. The molecule has 1 aromatic carbocycles. The smallest absolute Gasteiger partial charge is 0.156 e. The van der Waals surface area contributed by atoms with Crippen molar-refractivity contribution in [2.75, 3.05) is 13.1 Å². The Bertz CT molecular complexity index is 416. The normalized spacial score (nSPS) is 28.2. The van der Waals surface area contributed by atoms with Gasteiger partial charge in [-0.1, -0.05) is 35.0 Å². The third-order valence-corrected chi connectivity index (χ3v) is 3.43. The van der Waals surface area contributed by atoms with Crippen molar-refractivity contribution in [2.45, 2.75) is 25.4 Å². The Labute approximate surface area is 95.5 Å². The highest BCUT2D eigenvalue weighted by Crippen LogP contribution is 2.31. The minimum atomic E-state index is -0.0553. The zero-order valence-corrected chi connectivity index (χ0v) is 9.49. The van der Waals surface area contributed by atoms with Crippen molar-refractivity contribution in [1.29, 1.82) is 0 Å². The second-order valence-electron chi connectivity index (χ2n) is 4.78. The summed E-state index contributed by atoms with van der Waals surface area (Å²) < 4.78 is 0. The van der Waals surface area contributed by atoms with Crippen molar-refractivity contribution in [2.24, 2.45) is 5.16 Å². The van der Waals surface area contributed by atoms with Gasteiger partial charge in [-0.15, -0.1) is 0 Å². The van der Waals surface area contributed by atoms with Crippen LogP contribution in [0, 0.1) is 6.92 Å². The third-order valence-electron chi connectivity index (χ3n) is 3.43. The van der Waals surface area contributed by atoms with E-state index in [1.807, 2.05) is 0 Å². The molecule has 2 aliphatic heterocycles. The molecule has 1 N–H and O–H groups in total. The van der Waals surface area contributed by atoms with Gasteiger partial charge in [0.1, 0.15) is 0 Å². The predicted octanol–water partition coefficient (Wildman–Crippen LogP) is 1.85. The van der Waals surface area contributed by atoms with E-state index >= 15 is 0 Å². The molecule has 3 nitrogen and oxygen atoms in total. The molecule has 0 bridgehead atoms. The number of rotatable bonds is 1. The van der Waals surface area contributed by atoms with Crippen LogP contribution in [0.5, 0.6) is 0 Å². The molecule has 0 aromatic heterocycles. The first-order valence-electron chi connectivity index (χ1n) is 5.80. The monoisotopic (exact) mass is 216 g/mol. The molecular weight excluding hydrogens is 200 g/mol. The summed E-state index contributed by atoms with van der Waals surface area (Å²) >= 11 is 0. The minimum absolute atomic E-state index is 0.0553. The van der Waals surface area contributed by atoms with E-state index in [2.05, 4.69) is 41.7 Å². The Kier molecular flexibility index (Phi) is 2.21. The molecule has 1 atom stereocenters. The van der Waals surface area contributed by atoms with Gasteiger partial charge in [0.05, 0.1) is 5.71 Å². The summed E-state index contributed by atoms with van der Waals surface area (Å²) in [7, 11) is 0. The fourth-order valence-corrected chi connectivity index (χ4v) is 2.37. The number of oxime groups is 1. The van der Waals surface area contributed by atoms with Crippen molar-refractivity contribution >= 4 is 5.71 Å². The lowest BCUT2D eigenvalue weighted by Crippen LogP contribution is -2.31. The lowest BCUT2D eigenvalue weighted by Gasteiger charge is -2.18. The van der Waals surface area contributed by atoms with Crippen LogP contribution < -0.4 is 5.32 Å². The van der Waals surface area contributed by atoms with Crippen LogP contribution in [0.3, 0.4) is 0 Å². The number of nitrogens with zero attached hydrogens (tertiary/aromatic N) is 1. The Morgan fingerprint density at radius 2 is 2.12 bits per heavy atom. The number of hydrogen-bond donors (Lipinski definition) is 1. The van der Waals surface area contributed by atoms with Gasteiger partial charge in [0.2, 0.25) is 0 Å². The first-order chi connectivity index (χ1) is 7.77. The second-order valence-corrected chi connectivity index (χ2v) is 4.78. The van der Waals surface area contributed by atoms with Gasteiger partial charge in [-0.25, -0.2) is 0 Å². The molecular formula is C13H16N2O. The SMILES string of the molecule is Cc1ccc(C2=NOC3(CCNC3)C2)cc1. The van der Waals surface area contributed by atoms with Gasteiger partial charge in [0.25, 0.3) is 0 Å². The van der Waals surface area contributed by atoms with E-state index < -0.39 is 0 Å². The maximum absolute atomic E-state index is 5.62. The molecule has 1 saturated heterocycles. The van der Waals surface area contributed by atoms with E-state index in [9.17, 15) is 0 Å². The van der Waals surface area contributed by atoms with Crippen molar-refractivity contribution in [3.05, 3.63) is 35.4 Å². The van der Waals surface area contributed by atoms with Crippen molar-refractivity contribution in [1.82, 2.24) is 5.32 Å². The Hall–Kier alpha value is -1.35. The Morgan fingerprint density at radius 1 is 1.31 bits per heavy atom.